The minimum Gasteiger partial charge on any atom is -0.381 e. The zero-order valence-electron chi connectivity index (χ0n) is 12.6. The molecule has 0 saturated carbocycles. The third-order valence-electron chi connectivity index (χ3n) is 4.31. The molecule has 116 valence electrons. The Morgan fingerprint density at radius 1 is 1.24 bits per heavy atom. The fourth-order valence-corrected chi connectivity index (χ4v) is 2.95. The van der Waals surface area contributed by atoms with Crippen LogP contribution in [0.5, 0.6) is 0 Å². The SMILES string of the molecule is CC(Nc1nc(N)nc(N2CCCCC2)n1)C1CCOC1. The van der Waals surface area contributed by atoms with Crippen molar-refractivity contribution in [1.29, 1.82) is 0 Å². The van der Waals surface area contributed by atoms with Crippen LogP contribution in [-0.2, 0) is 4.74 Å². The van der Waals surface area contributed by atoms with Crippen molar-refractivity contribution in [2.75, 3.05) is 42.3 Å². The van der Waals surface area contributed by atoms with Crippen molar-refractivity contribution >= 4 is 17.8 Å². The zero-order chi connectivity index (χ0) is 14.7. The average molecular weight is 292 g/mol. The van der Waals surface area contributed by atoms with Gasteiger partial charge in [-0.2, -0.15) is 15.0 Å². The van der Waals surface area contributed by atoms with Crippen LogP contribution in [0, 0.1) is 5.92 Å². The highest BCUT2D eigenvalue weighted by Gasteiger charge is 2.23. The highest BCUT2D eigenvalue weighted by Crippen LogP contribution is 2.21. The fraction of sp³-hybridized carbons (Fsp3) is 0.786. The smallest absolute Gasteiger partial charge is 0.231 e. The Bertz CT molecular complexity index is 471. The van der Waals surface area contributed by atoms with Gasteiger partial charge in [0, 0.05) is 31.7 Å². The van der Waals surface area contributed by atoms with E-state index in [1.807, 2.05) is 0 Å². The van der Waals surface area contributed by atoms with Gasteiger partial charge in [-0.3, -0.25) is 0 Å². The molecule has 0 aromatic carbocycles. The van der Waals surface area contributed by atoms with Gasteiger partial charge in [0.2, 0.25) is 17.8 Å². The largest absolute Gasteiger partial charge is 0.381 e. The average Bonchev–Trinajstić information content (AvgIpc) is 3.02. The third kappa shape index (κ3) is 3.53. The predicted molar refractivity (Wildman–Crippen MR) is 82.3 cm³/mol. The lowest BCUT2D eigenvalue weighted by atomic mass is 10.0. The quantitative estimate of drug-likeness (QED) is 0.864. The monoisotopic (exact) mass is 292 g/mol. The number of piperidine rings is 1. The van der Waals surface area contributed by atoms with Crippen LogP contribution in [0.25, 0.3) is 0 Å². The number of nitrogen functional groups attached to an aromatic ring is 1. The van der Waals surface area contributed by atoms with Gasteiger partial charge in [0.25, 0.3) is 0 Å². The maximum Gasteiger partial charge on any atom is 0.231 e. The van der Waals surface area contributed by atoms with Crippen LogP contribution >= 0.6 is 0 Å². The summed E-state index contributed by atoms with van der Waals surface area (Å²) in [6.07, 6.45) is 4.73. The fourth-order valence-electron chi connectivity index (χ4n) is 2.95. The summed E-state index contributed by atoms with van der Waals surface area (Å²) in [5, 5.41) is 3.36. The number of aromatic nitrogens is 3. The highest BCUT2D eigenvalue weighted by molar-refractivity contribution is 5.42. The van der Waals surface area contributed by atoms with Gasteiger partial charge in [0.05, 0.1) is 6.61 Å². The minimum absolute atomic E-state index is 0.267. The lowest BCUT2D eigenvalue weighted by Gasteiger charge is -2.27. The van der Waals surface area contributed by atoms with E-state index < -0.39 is 0 Å². The third-order valence-corrected chi connectivity index (χ3v) is 4.31. The summed E-state index contributed by atoms with van der Waals surface area (Å²) in [6.45, 7) is 5.77. The molecule has 0 amide bonds. The van der Waals surface area contributed by atoms with E-state index in [0.717, 1.165) is 32.7 Å². The molecule has 3 N–H and O–H groups in total. The second-order valence-electron chi connectivity index (χ2n) is 5.92. The summed E-state index contributed by atoms with van der Waals surface area (Å²) >= 11 is 0. The number of rotatable bonds is 4. The van der Waals surface area contributed by atoms with Crippen LogP contribution < -0.4 is 16.0 Å². The topological polar surface area (TPSA) is 89.2 Å². The first kappa shape index (κ1) is 14.3. The molecular formula is C14H24N6O. The first-order valence-corrected chi connectivity index (χ1v) is 7.83. The molecule has 3 rings (SSSR count). The van der Waals surface area contributed by atoms with Crippen LogP contribution in [0.3, 0.4) is 0 Å². The molecule has 2 aliphatic heterocycles. The molecule has 2 fully saturated rings. The van der Waals surface area contributed by atoms with Crippen LogP contribution in [0.2, 0.25) is 0 Å². The van der Waals surface area contributed by atoms with Crippen LogP contribution in [0.4, 0.5) is 17.8 Å². The molecule has 1 aromatic heterocycles. The maximum atomic E-state index is 5.84. The lowest BCUT2D eigenvalue weighted by molar-refractivity contribution is 0.183. The zero-order valence-corrected chi connectivity index (χ0v) is 12.6. The van der Waals surface area contributed by atoms with Crippen LogP contribution in [-0.4, -0.2) is 47.3 Å². The van der Waals surface area contributed by atoms with Crippen molar-refractivity contribution in [3.05, 3.63) is 0 Å². The number of ether oxygens (including phenoxy) is 1. The molecule has 2 aliphatic rings. The molecule has 7 heteroatoms. The molecule has 0 spiro atoms. The molecule has 2 atom stereocenters. The molecule has 21 heavy (non-hydrogen) atoms. The van der Waals surface area contributed by atoms with Crippen molar-refractivity contribution in [3.63, 3.8) is 0 Å². The van der Waals surface area contributed by atoms with Crippen molar-refractivity contribution in [2.45, 2.75) is 38.6 Å². The Morgan fingerprint density at radius 2 is 2.05 bits per heavy atom. The lowest BCUT2D eigenvalue weighted by Crippen LogP contribution is -2.32. The van der Waals surface area contributed by atoms with Gasteiger partial charge >= 0.3 is 0 Å². The van der Waals surface area contributed by atoms with Gasteiger partial charge in [-0.25, -0.2) is 0 Å². The van der Waals surface area contributed by atoms with Crippen molar-refractivity contribution in [2.24, 2.45) is 5.92 Å². The summed E-state index contributed by atoms with van der Waals surface area (Å²) in [4.78, 5) is 15.2. The van der Waals surface area contributed by atoms with Crippen LogP contribution in [0.15, 0.2) is 0 Å². The molecular weight excluding hydrogens is 268 g/mol. The van der Waals surface area contributed by atoms with Gasteiger partial charge in [-0.05, 0) is 32.6 Å². The Kier molecular flexibility index (Phi) is 4.38. The second kappa shape index (κ2) is 6.43. The van der Waals surface area contributed by atoms with Crippen molar-refractivity contribution < 1.29 is 4.74 Å². The molecule has 3 heterocycles. The number of nitrogens with two attached hydrogens (primary N) is 1. The van der Waals surface area contributed by atoms with E-state index in [1.54, 1.807) is 0 Å². The van der Waals surface area contributed by atoms with E-state index >= 15 is 0 Å². The Hall–Kier alpha value is -1.63. The van der Waals surface area contributed by atoms with E-state index in [0.29, 0.717) is 17.8 Å². The number of anilines is 3. The molecule has 2 unspecified atom stereocenters. The molecule has 2 saturated heterocycles. The van der Waals surface area contributed by atoms with Gasteiger partial charge in [0.1, 0.15) is 0 Å². The minimum atomic E-state index is 0.267. The Labute approximate surface area is 125 Å². The first-order valence-electron chi connectivity index (χ1n) is 7.83. The first-order chi connectivity index (χ1) is 10.2. The van der Waals surface area contributed by atoms with Crippen LogP contribution in [0.1, 0.15) is 32.6 Å². The van der Waals surface area contributed by atoms with Gasteiger partial charge < -0.3 is 20.7 Å². The van der Waals surface area contributed by atoms with E-state index in [9.17, 15) is 0 Å². The highest BCUT2D eigenvalue weighted by atomic mass is 16.5. The standard InChI is InChI=1S/C14H24N6O/c1-10(11-5-8-21-9-11)16-13-17-12(15)18-14(19-13)20-6-3-2-4-7-20/h10-11H,2-9H2,1H3,(H3,15,16,17,18,19). The molecule has 7 nitrogen and oxygen atoms in total. The van der Waals surface area contributed by atoms with Gasteiger partial charge in [-0.1, -0.05) is 0 Å². The van der Waals surface area contributed by atoms with E-state index in [4.69, 9.17) is 10.5 Å². The molecule has 1 aromatic rings. The van der Waals surface area contributed by atoms with Gasteiger partial charge in [0.15, 0.2) is 0 Å². The summed E-state index contributed by atoms with van der Waals surface area (Å²) < 4.78 is 5.43. The van der Waals surface area contributed by atoms with E-state index in [2.05, 4.69) is 32.1 Å². The number of hydrogen-bond acceptors (Lipinski definition) is 7. The van der Waals surface area contributed by atoms with Gasteiger partial charge in [-0.15, -0.1) is 0 Å². The van der Waals surface area contributed by atoms with Crippen molar-refractivity contribution in [3.8, 4) is 0 Å². The second-order valence-corrected chi connectivity index (χ2v) is 5.92. The maximum absolute atomic E-state index is 5.84. The number of hydrogen-bond donors (Lipinski definition) is 2. The summed E-state index contributed by atoms with van der Waals surface area (Å²) in [5.41, 5.74) is 5.84. The Morgan fingerprint density at radius 3 is 2.76 bits per heavy atom. The molecule has 0 bridgehead atoms. The van der Waals surface area contributed by atoms with E-state index in [1.165, 1.54) is 19.3 Å². The Balaban J connectivity index is 1.70. The summed E-state index contributed by atoms with van der Waals surface area (Å²) in [7, 11) is 0. The predicted octanol–water partition coefficient (Wildman–Crippen LogP) is 1.28. The summed E-state index contributed by atoms with van der Waals surface area (Å²) in [5.74, 6) is 2.05. The molecule has 0 aliphatic carbocycles. The normalized spacial score (nSPS) is 24.0. The molecule has 0 radical (unpaired) electrons. The van der Waals surface area contributed by atoms with E-state index in [-0.39, 0.29) is 12.0 Å². The number of nitrogens with one attached hydrogen (secondary N) is 1. The van der Waals surface area contributed by atoms with Crippen molar-refractivity contribution in [1.82, 2.24) is 15.0 Å². The number of nitrogens with zero attached hydrogens (tertiary/aromatic N) is 4. The summed E-state index contributed by atoms with van der Waals surface area (Å²) in [6, 6.07) is 0.267.